The highest BCUT2D eigenvalue weighted by Crippen LogP contribution is 2.18. The van der Waals surface area contributed by atoms with E-state index in [-0.39, 0.29) is 12.7 Å². The third-order valence-electron chi connectivity index (χ3n) is 2.36. The van der Waals surface area contributed by atoms with E-state index in [4.69, 9.17) is 9.84 Å². The Bertz CT molecular complexity index is 502. The van der Waals surface area contributed by atoms with E-state index < -0.39 is 17.5 Å². The van der Waals surface area contributed by atoms with E-state index in [1.807, 2.05) is 6.08 Å². The van der Waals surface area contributed by atoms with Gasteiger partial charge in [0.25, 0.3) is 5.56 Å². The van der Waals surface area contributed by atoms with E-state index in [9.17, 15) is 9.59 Å². The van der Waals surface area contributed by atoms with E-state index in [0.717, 1.165) is 0 Å². The van der Waals surface area contributed by atoms with E-state index in [1.54, 1.807) is 6.08 Å². The molecule has 0 aromatic carbocycles. The average Bonchev–Trinajstić information content (AvgIpc) is 2.29. The molecular weight excluding hydrogens is 212 g/mol. The summed E-state index contributed by atoms with van der Waals surface area (Å²) in [5.74, 6) is 0. The molecule has 0 bridgehead atoms. The van der Waals surface area contributed by atoms with Crippen LogP contribution in [-0.2, 0) is 4.74 Å². The highest BCUT2D eigenvalue weighted by molar-refractivity contribution is 4.97. The van der Waals surface area contributed by atoms with Crippen LogP contribution in [0.5, 0.6) is 0 Å². The molecule has 0 unspecified atom stereocenters. The molecule has 6 nitrogen and oxygen atoms in total. The van der Waals surface area contributed by atoms with Gasteiger partial charge in [0.2, 0.25) is 0 Å². The second kappa shape index (κ2) is 4.46. The number of aliphatic hydroxyl groups is 1. The second-order valence-corrected chi connectivity index (χ2v) is 3.51. The summed E-state index contributed by atoms with van der Waals surface area (Å²) in [6.45, 7) is -0.0983. The third-order valence-corrected chi connectivity index (χ3v) is 2.36. The first-order valence-electron chi connectivity index (χ1n) is 4.95. The highest BCUT2D eigenvalue weighted by atomic mass is 16.5. The molecule has 2 N–H and O–H groups in total. The smallest absolute Gasteiger partial charge is 0.330 e. The van der Waals surface area contributed by atoms with Gasteiger partial charge >= 0.3 is 5.69 Å². The van der Waals surface area contributed by atoms with Crippen LogP contribution in [0.1, 0.15) is 12.6 Å². The Balaban J connectivity index is 2.31. The van der Waals surface area contributed by atoms with E-state index in [1.165, 1.54) is 16.8 Å². The first-order valence-corrected chi connectivity index (χ1v) is 4.95. The first kappa shape index (κ1) is 10.8. The zero-order valence-corrected chi connectivity index (χ0v) is 8.50. The minimum Gasteiger partial charge on any atom is -0.394 e. The lowest BCUT2D eigenvalue weighted by molar-refractivity contribution is -0.0581. The molecule has 0 spiro atoms. The van der Waals surface area contributed by atoms with Gasteiger partial charge in [0, 0.05) is 12.3 Å². The Kier molecular flexibility index (Phi) is 3.02. The van der Waals surface area contributed by atoms with Crippen molar-refractivity contribution in [2.24, 2.45) is 0 Å². The lowest BCUT2D eigenvalue weighted by Crippen LogP contribution is -2.35. The number of aliphatic hydroxyl groups excluding tert-OH is 1. The molecule has 2 heterocycles. The SMILES string of the molecule is O=c1ccn([C@@H]2C=CC[C@@H](CO)O2)c(=O)[nH]1. The Morgan fingerprint density at radius 1 is 1.56 bits per heavy atom. The molecule has 0 radical (unpaired) electrons. The van der Waals surface area contributed by atoms with Crippen LogP contribution in [0.4, 0.5) is 0 Å². The van der Waals surface area contributed by atoms with Gasteiger partial charge in [-0.3, -0.25) is 14.3 Å². The number of H-pyrrole nitrogens is 1. The largest absolute Gasteiger partial charge is 0.394 e. The summed E-state index contributed by atoms with van der Waals surface area (Å²) in [7, 11) is 0. The Morgan fingerprint density at radius 2 is 2.38 bits per heavy atom. The van der Waals surface area contributed by atoms with Crippen LogP contribution in [0.2, 0.25) is 0 Å². The molecule has 0 amide bonds. The van der Waals surface area contributed by atoms with Crippen molar-refractivity contribution < 1.29 is 9.84 Å². The van der Waals surface area contributed by atoms with Gasteiger partial charge in [-0.1, -0.05) is 6.08 Å². The molecule has 0 saturated heterocycles. The molecule has 2 atom stereocenters. The maximum Gasteiger partial charge on any atom is 0.330 e. The fourth-order valence-corrected chi connectivity index (χ4v) is 1.55. The van der Waals surface area contributed by atoms with Crippen LogP contribution in [0.3, 0.4) is 0 Å². The summed E-state index contributed by atoms with van der Waals surface area (Å²) in [6, 6.07) is 1.25. The molecule has 0 saturated carbocycles. The number of nitrogens with zero attached hydrogens (tertiary/aromatic N) is 1. The summed E-state index contributed by atoms with van der Waals surface area (Å²) < 4.78 is 6.71. The van der Waals surface area contributed by atoms with Gasteiger partial charge in [-0.05, 0) is 12.5 Å². The standard InChI is InChI=1S/C10H12N2O4/c13-6-7-2-1-3-9(16-7)12-5-4-8(14)11-10(12)15/h1,3-5,7,9,13H,2,6H2,(H,11,14,15)/t7-,9-/m0/s1. The topological polar surface area (TPSA) is 84.3 Å². The minimum atomic E-state index is -0.574. The van der Waals surface area contributed by atoms with Crippen molar-refractivity contribution in [1.82, 2.24) is 9.55 Å². The molecule has 86 valence electrons. The summed E-state index contributed by atoms with van der Waals surface area (Å²) in [5, 5.41) is 8.97. The van der Waals surface area contributed by atoms with Crippen LogP contribution in [0.25, 0.3) is 0 Å². The molecule has 0 fully saturated rings. The van der Waals surface area contributed by atoms with Gasteiger partial charge in [-0.2, -0.15) is 0 Å². The Morgan fingerprint density at radius 3 is 3.06 bits per heavy atom. The van der Waals surface area contributed by atoms with Crippen molar-refractivity contribution in [1.29, 1.82) is 0 Å². The van der Waals surface area contributed by atoms with Gasteiger partial charge in [-0.15, -0.1) is 0 Å². The summed E-state index contributed by atoms with van der Waals surface area (Å²) in [5.41, 5.74) is -0.972. The van der Waals surface area contributed by atoms with Gasteiger partial charge in [-0.25, -0.2) is 4.79 Å². The minimum absolute atomic E-state index is 0.0983. The molecule has 1 aliphatic heterocycles. The zero-order valence-electron chi connectivity index (χ0n) is 8.50. The third kappa shape index (κ3) is 2.12. The van der Waals surface area contributed by atoms with Crippen LogP contribution < -0.4 is 11.2 Å². The second-order valence-electron chi connectivity index (χ2n) is 3.51. The number of aromatic amines is 1. The van der Waals surface area contributed by atoms with Crippen molar-refractivity contribution in [3.8, 4) is 0 Å². The number of rotatable bonds is 2. The molecule has 1 aromatic rings. The maximum atomic E-state index is 11.5. The normalized spacial score (nSPS) is 24.6. The number of aromatic nitrogens is 2. The summed E-state index contributed by atoms with van der Waals surface area (Å²) >= 11 is 0. The Hall–Kier alpha value is -1.66. The van der Waals surface area contributed by atoms with Gasteiger partial charge in [0.15, 0.2) is 6.23 Å². The van der Waals surface area contributed by atoms with Gasteiger partial charge in [0.1, 0.15) is 0 Å². The molecule has 1 aliphatic rings. The van der Waals surface area contributed by atoms with E-state index in [2.05, 4.69) is 4.98 Å². The van der Waals surface area contributed by atoms with Crippen molar-refractivity contribution in [2.45, 2.75) is 18.8 Å². The van der Waals surface area contributed by atoms with Gasteiger partial charge in [0.05, 0.1) is 12.7 Å². The van der Waals surface area contributed by atoms with Crippen molar-refractivity contribution >= 4 is 0 Å². The summed E-state index contributed by atoms with van der Waals surface area (Å²) in [6.07, 6.45) is 4.66. The van der Waals surface area contributed by atoms with Crippen molar-refractivity contribution in [2.75, 3.05) is 6.61 Å². The van der Waals surface area contributed by atoms with Crippen LogP contribution in [0, 0.1) is 0 Å². The van der Waals surface area contributed by atoms with E-state index >= 15 is 0 Å². The fraction of sp³-hybridized carbons (Fsp3) is 0.400. The monoisotopic (exact) mass is 224 g/mol. The summed E-state index contributed by atoms with van der Waals surface area (Å²) in [4.78, 5) is 24.5. The van der Waals surface area contributed by atoms with Crippen LogP contribution in [0.15, 0.2) is 34.0 Å². The predicted octanol–water partition coefficient (Wildman–Crippen LogP) is -0.627. The lowest BCUT2D eigenvalue weighted by Gasteiger charge is -2.25. The lowest BCUT2D eigenvalue weighted by atomic mass is 10.2. The predicted molar refractivity (Wildman–Crippen MR) is 56.1 cm³/mol. The van der Waals surface area contributed by atoms with Gasteiger partial charge < -0.3 is 9.84 Å². The highest BCUT2D eigenvalue weighted by Gasteiger charge is 2.19. The number of hydrogen-bond acceptors (Lipinski definition) is 4. The Labute approximate surface area is 90.8 Å². The fourth-order valence-electron chi connectivity index (χ4n) is 1.55. The molecule has 1 aromatic heterocycles. The maximum absolute atomic E-state index is 11.5. The molecule has 0 aliphatic carbocycles. The number of ether oxygens (including phenoxy) is 1. The molecular formula is C10H12N2O4. The average molecular weight is 224 g/mol. The molecule has 6 heteroatoms. The van der Waals surface area contributed by atoms with Crippen molar-refractivity contribution in [3.05, 3.63) is 45.3 Å². The number of hydrogen-bond donors (Lipinski definition) is 2. The van der Waals surface area contributed by atoms with Crippen molar-refractivity contribution in [3.63, 3.8) is 0 Å². The molecule has 16 heavy (non-hydrogen) atoms. The first-order chi connectivity index (χ1) is 7.70. The zero-order chi connectivity index (χ0) is 11.5. The quantitative estimate of drug-likeness (QED) is 0.655. The number of nitrogens with one attached hydrogen (secondary N) is 1. The van der Waals surface area contributed by atoms with Crippen LogP contribution >= 0.6 is 0 Å². The van der Waals surface area contributed by atoms with E-state index in [0.29, 0.717) is 6.42 Å². The van der Waals surface area contributed by atoms with Crippen LogP contribution in [-0.4, -0.2) is 27.4 Å². The molecule has 2 rings (SSSR count).